The molecule has 0 N–H and O–H groups in total. The minimum atomic E-state index is -0.373. The number of methoxy groups -OCH3 is 1. The van der Waals surface area contributed by atoms with Crippen molar-refractivity contribution in [3.8, 4) is 0 Å². The molecular formula is C10H13N3O3. The van der Waals surface area contributed by atoms with Gasteiger partial charge in [0.2, 0.25) is 0 Å². The van der Waals surface area contributed by atoms with Gasteiger partial charge in [0.05, 0.1) is 19.3 Å². The molecule has 6 heteroatoms. The summed E-state index contributed by atoms with van der Waals surface area (Å²) in [5.74, 6) is 0.807. The van der Waals surface area contributed by atoms with Crippen molar-refractivity contribution in [3.63, 3.8) is 0 Å². The van der Waals surface area contributed by atoms with Crippen molar-refractivity contribution in [1.29, 1.82) is 0 Å². The van der Waals surface area contributed by atoms with E-state index in [0.717, 1.165) is 17.8 Å². The Morgan fingerprint density at radius 3 is 2.88 bits per heavy atom. The molecule has 6 nitrogen and oxygen atoms in total. The van der Waals surface area contributed by atoms with Gasteiger partial charge in [-0.25, -0.2) is 9.78 Å². The normalized spacial score (nSPS) is 14.5. The van der Waals surface area contributed by atoms with Gasteiger partial charge in [0.25, 0.3) is 0 Å². The Morgan fingerprint density at radius 2 is 2.25 bits per heavy atom. The molecule has 1 aliphatic rings. The Balaban J connectivity index is 2.31. The molecule has 1 aromatic heterocycles. The van der Waals surface area contributed by atoms with Gasteiger partial charge in [0, 0.05) is 13.1 Å². The predicted octanol–water partition coefficient (Wildman–Crippen LogP) is 0.586. The van der Waals surface area contributed by atoms with Crippen molar-refractivity contribution >= 4 is 12.4 Å². The van der Waals surface area contributed by atoms with Gasteiger partial charge in [-0.3, -0.25) is 4.79 Å². The van der Waals surface area contributed by atoms with Crippen LogP contribution in [0, 0.1) is 6.92 Å². The third-order valence-electron chi connectivity index (χ3n) is 2.77. The highest BCUT2D eigenvalue weighted by Gasteiger charge is 2.25. The van der Waals surface area contributed by atoms with E-state index in [-0.39, 0.29) is 6.09 Å². The monoisotopic (exact) mass is 223 g/mol. The van der Waals surface area contributed by atoms with Crippen LogP contribution in [-0.4, -0.2) is 40.5 Å². The minimum Gasteiger partial charge on any atom is -0.453 e. The fourth-order valence-electron chi connectivity index (χ4n) is 1.96. The number of aryl methyl sites for hydroxylation is 1. The van der Waals surface area contributed by atoms with Crippen molar-refractivity contribution in [2.45, 2.75) is 20.0 Å². The fourth-order valence-corrected chi connectivity index (χ4v) is 1.96. The standard InChI is InChI=1S/C10H13N3O3/c1-7-11-8(6-14)9-5-12(10(15)16-2)3-4-13(7)9/h6H,3-5H2,1-2H3. The van der Waals surface area contributed by atoms with Crippen molar-refractivity contribution in [2.24, 2.45) is 0 Å². The number of hydrogen-bond acceptors (Lipinski definition) is 4. The maximum absolute atomic E-state index is 11.4. The van der Waals surface area contributed by atoms with Crippen LogP contribution < -0.4 is 0 Å². The molecule has 0 fully saturated rings. The highest BCUT2D eigenvalue weighted by atomic mass is 16.5. The Labute approximate surface area is 92.8 Å². The first-order valence-electron chi connectivity index (χ1n) is 5.01. The van der Waals surface area contributed by atoms with Gasteiger partial charge >= 0.3 is 6.09 Å². The smallest absolute Gasteiger partial charge is 0.409 e. The maximum atomic E-state index is 11.4. The molecule has 0 saturated heterocycles. The average molecular weight is 223 g/mol. The molecule has 0 unspecified atom stereocenters. The molecule has 16 heavy (non-hydrogen) atoms. The van der Waals surface area contributed by atoms with Gasteiger partial charge in [-0.1, -0.05) is 0 Å². The van der Waals surface area contributed by atoms with Crippen molar-refractivity contribution in [3.05, 3.63) is 17.2 Å². The summed E-state index contributed by atoms with van der Waals surface area (Å²) in [7, 11) is 1.35. The van der Waals surface area contributed by atoms with Gasteiger partial charge in [-0.2, -0.15) is 0 Å². The lowest BCUT2D eigenvalue weighted by Crippen LogP contribution is -2.38. The summed E-state index contributed by atoms with van der Waals surface area (Å²) in [6.45, 7) is 3.46. The van der Waals surface area contributed by atoms with Crippen LogP contribution in [0.3, 0.4) is 0 Å². The first-order valence-corrected chi connectivity index (χ1v) is 5.01. The molecule has 1 amide bonds. The molecule has 0 aromatic carbocycles. The molecule has 0 atom stereocenters. The predicted molar refractivity (Wildman–Crippen MR) is 55.2 cm³/mol. The van der Waals surface area contributed by atoms with Crippen molar-refractivity contribution in [1.82, 2.24) is 14.5 Å². The molecule has 2 rings (SSSR count). The van der Waals surface area contributed by atoms with Crippen molar-refractivity contribution < 1.29 is 14.3 Å². The molecule has 1 aliphatic heterocycles. The quantitative estimate of drug-likeness (QED) is 0.653. The maximum Gasteiger partial charge on any atom is 0.409 e. The van der Waals surface area contributed by atoms with E-state index in [1.54, 1.807) is 4.90 Å². The van der Waals surface area contributed by atoms with Crippen LogP contribution in [0.2, 0.25) is 0 Å². The molecule has 0 aliphatic carbocycles. The Bertz CT molecular complexity index is 439. The zero-order valence-electron chi connectivity index (χ0n) is 9.27. The Hall–Kier alpha value is -1.85. The largest absolute Gasteiger partial charge is 0.453 e. The highest BCUT2D eigenvalue weighted by molar-refractivity contribution is 5.74. The van der Waals surface area contributed by atoms with Crippen molar-refractivity contribution in [2.75, 3.05) is 13.7 Å². The zero-order chi connectivity index (χ0) is 11.7. The molecule has 0 saturated carbocycles. The SMILES string of the molecule is COC(=O)N1CCn2c(C)nc(C=O)c2C1. The number of hydrogen-bond donors (Lipinski definition) is 0. The van der Waals surface area contributed by atoms with Gasteiger partial charge in [-0.15, -0.1) is 0 Å². The third-order valence-corrected chi connectivity index (χ3v) is 2.77. The molecule has 0 bridgehead atoms. The fraction of sp³-hybridized carbons (Fsp3) is 0.500. The second kappa shape index (κ2) is 3.96. The molecular weight excluding hydrogens is 210 g/mol. The summed E-state index contributed by atoms with van der Waals surface area (Å²) in [5, 5.41) is 0. The molecule has 2 heterocycles. The third kappa shape index (κ3) is 1.56. The second-order valence-electron chi connectivity index (χ2n) is 3.65. The van der Waals surface area contributed by atoms with E-state index in [4.69, 9.17) is 0 Å². The van der Waals surface area contributed by atoms with E-state index in [1.165, 1.54) is 7.11 Å². The van der Waals surface area contributed by atoms with E-state index in [1.807, 2.05) is 11.5 Å². The summed E-state index contributed by atoms with van der Waals surface area (Å²) in [5.41, 5.74) is 1.19. The van der Waals surface area contributed by atoms with E-state index in [2.05, 4.69) is 9.72 Å². The number of imidazole rings is 1. The molecule has 0 radical (unpaired) electrons. The lowest BCUT2D eigenvalue weighted by Gasteiger charge is -2.27. The van der Waals surface area contributed by atoms with Gasteiger partial charge in [0.15, 0.2) is 6.29 Å². The highest BCUT2D eigenvalue weighted by Crippen LogP contribution is 2.18. The number of carbonyl (C=O) groups is 2. The van der Waals surface area contributed by atoms with E-state index >= 15 is 0 Å². The number of aromatic nitrogens is 2. The summed E-state index contributed by atoms with van der Waals surface area (Å²) >= 11 is 0. The first kappa shape index (κ1) is 10.7. The molecule has 86 valence electrons. The number of ether oxygens (including phenoxy) is 1. The van der Waals surface area contributed by atoms with Crippen LogP contribution in [-0.2, 0) is 17.8 Å². The van der Waals surface area contributed by atoms with Crippen LogP contribution in [0.25, 0.3) is 0 Å². The van der Waals surface area contributed by atoms with E-state index < -0.39 is 0 Å². The van der Waals surface area contributed by atoms with Crippen LogP contribution >= 0.6 is 0 Å². The molecule has 0 spiro atoms. The van der Waals surface area contributed by atoms with Gasteiger partial charge in [-0.05, 0) is 6.92 Å². The summed E-state index contributed by atoms with van der Waals surface area (Å²) in [6.07, 6.45) is 0.349. The van der Waals surface area contributed by atoms with Gasteiger partial charge in [0.1, 0.15) is 11.5 Å². The van der Waals surface area contributed by atoms with Crippen LogP contribution in [0.15, 0.2) is 0 Å². The van der Waals surface area contributed by atoms with Crippen LogP contribution in [0.5, 0.6) is 0 Å². The minimum absolute atomic E-state index is 0.373. The summed E-state index contributed by atoms with van der Waals surface area (Å²) in [6, 6.07) is 0. The number of aldehydes is 1. The number of amides is 1. The first-order chi connectivity index (χ1) is 7.67. The Kier molecular flexibility index (Phi) is 2.64. The number of fused-ring (bicyclic) bond motifs is 1. The zero-order valence-corrected chi connectivity index (χ0v) is 9.27. The van der Waals surface area contributed by atoms with Gasteiger partial charge < -0.3 is 14.2 Å². The van der Waals surface area contributed by atoms with E-state index in [9.17, 15) is 9.59 Å². The number of nitrogens with zero attached hydrogens (tertiary/aromatic N) is 3. The topological polar surface area (TPSA) is 64.4 Å². The van der Waals surface area contributed by atoms with Crippen LogP contribution in [0.4, 0.5) is 4.79 Å². The number of rotatable bonds is 1. The Morgan fingerprint density at radius 1 is 1.50 bits per heavy atom. The lowest BCUT2D eigenvalue weighted by atomic mass is 10.2. The summed E-state index contributed by atoms with van der Waals surface area (Å²) in [4.78, 5) is 27.9. The van der Waals surface area contributed by atoms with E-state index in [0.29, 0.717) is 25.3 Å². The average Bonchev–Trinajstić information content (AvgIpc) is 2.64. The molecule has 1 aromatic rings. The number of carbonyl (C=O) groups excluding carboxylic acids is 2. The second-order valence-corrected chi connectivity index (χ2v) is 3.65. The summed E-state index contributed by atoms with van der Waals surface area (Å²) < 4.78 is 6.62. The lowest BCUT2D eigenvalue weighted by molar-refractivity contribution is 0.108. The van der Waals surface area contributed by atoms with Crippen LogP contribution in [0.1, 0.15) is 22.0 Å².